The van der Waals surface area contributed by atoms with Crippen LogP contribution in [0.3, 0.4) is 0 Å². The van der Waals surface area contributed by atoms with Gasteiger partial charge in [-0.2, -0.15) is 0 Å². The summed E-state index contributed by atoms with van der Waals surface area (Å²) in [6.45, 7) is 2.83. The van der Waals surface area contributed by atoms with Crippen LogP contribution in [0.25, 0.3) is 11.0 Å². The summed E-state index contributed by atoms with van der Waals surface area (Å²) in [7, 11) is 1.63. The molecule has 26 heavy (non-hydrogen) atoms. The van der Waals surface area contributed by atoms with Crippen molar-refractivity contribution in [3.63, 3.8) is 0 Å². The van der Waals surface area contributed by atoms with Gasteiger partial charge in [-0.05, 0) is 24.6 Å². The number of hydrogen-bond donors (Lipinski definition) is 1. The summed E-state index contributed by atoms with van der Waals surface area (Å²) in [6, 6.07) is 15.6. The van der Waals surface area contributed by atoms with E-state index >= 15 is 0 Å². The standard InChI is InChI=1S/C20H23N3O2S/c1-3-12-26-20-22-16-9-5-6-10-17(16)23(20)14-19(24)21-13-15-8-4-7-11-18(15)25-2/h4-11H,3,12-14H2,1-2H3,(H,21,24). The zero-order chi connectivity index (χ0) is 18.4. The summed E-state index contributed by atoms with van der Waals surface area (Å²) in [6.07, 6.45) is 1.06. The summed E-state index contributed by atoms with van der Waals surface area (Å²) in [5, 5.41) is 3.87. The number of thioether (sulfide) groups is 1. The lowest BCUT2D eigenvalue weighted by Gasteiger charge is -2.11. The van der Waals surface area contributed by atoms with E-state index in [9.17, 15) is 4.79 Å². The van der Waals surface area contributed by atoms with Gasteiger partial charge in [0.05, 0.1) is 18.1 Å². The Balaban J connectivity index is 1.74. The van der Waals surface area contributed by atoms with E-state index in [1.165, 1.54) is 0 Å². The van der Waals surface area contributed by atoms with Crippen LogP contribution in [0.15, 0.2) is 53.7 Å². The highest BCUT2D eigenvalue weighted by molar-refractivity contribution is 7.99. The molecule has 1 heterocycles. The minimum atomic E-state index is -0.0441. The maximum absolute atomic E-state index is 12.5. The van der Waals surface area contributed by atoms with Gasteiger partial charge in [0, 0.05) is 17.9 Å². The smallest absolute Gasteiger partial charge is 0.240 e. The minimum absolute atomic E-state index is 0.0441. The Morgan fingerprint density at radius 2 is 1.96 bits per heavy atom. The molecule has 0 aliphatic heterocycles. The van der Waals surface area contributed by atoms with Gasteiger partial charge < -0.3 is 14.6 Å². The molecule has 0 unspecified atom stereocenters. The Bertz CT molecular complexity index is 892. The number of methoxy groups -OCH3 is 1. The molecule has 1 amide bonds. The first kappa shape index (κ1) is 18.3. The van der Waals surface area contributed by atoms with Gasteiger partial charge in [-0.3, -0.25) is 4.79 Å². The van der Waals surface area contributed by atoms with Crippen LogP contribution in [-0.4, -0.2) is 28.3 Å². The average Bonchev–Trinajstić information content (AvgIpc) is 3.02. The monoisotopic (exact) mass is 369 g/mol. The number of carbonyl (C=O) groups is 1. The number of amides is 1. The summed E-state index contributed by atoms with van der Waals surface area (Å²) in [4.78, 5) is 17.2. The number of nitrogens with zero attached hydrogens (tertiary/aromatic N) is 2. The summed E-state index contributed by atoms with van der Waals surface area (Å²) >= 11 is 1.69. The van der Waals surface area contributed by atoms with Gasteiger partial charge in [0.2, 0.25) is 5.91 Å². The first-order chi connectivity index (χ1) is 12.7. The van der Waals surface area contributed by atoms with E-state index in [1.54, 1.807) is 18.9 Å². The molecule has 0 aliphatic rings. The normalized spacial score (nSPS) is 10.8. The molecule has 0 atom stereocenters. The van der Waals surface area contributed by atoms with Crippen LogP contribution in [0, 0.1) is 0 Å². The molecule has 0 saturated heterocycles. The van der Waals surface area contributed by atoms with Crippen LogP contribution in [0.5, 0.6) is 5.75 Å². The fourth-order valence-corrected chi connectivity index (χ4v) is 3.62. The van der Waals surface area contributed by atoms with E-state index in [2.05, 4.69) is 17.2 Å². The number of fused-ring (bicyclic) bond motifs is 1. The zero-order valence-corrected chi connectivity index (χ0v) is 15.9. The van der Waals surface area contributed by atoms with Crippen molar-refractivity contribution >= 4 is 28.7 Å². The second-order valence-corrected chi connectivity index (χ2v) is 6.97. The molecule has 6 heteroatoms. The molecule has 5 nitrogen and oxygen atoms in total. The number of ether oxygens (including phenoxy) is 1. The van der Waals surface area contributed by atoms with Gasteiger partial charge >= 0.3 is 0 Å². The van der Waals surface area contributed by atoms with Gasteiger partial charge in [-0.15, -0.1) is 0 Å². The van der Waals surface area contributed by atoms with Crippen LogP contribution in [0.1, 0.15) is 18.9 Å². The van der Waals surface area contributed by atoms with Gasteiger partial charge in [-0.1, -0.05) is 49.0 Å². The molecule has 0 bridgehead atoms. The lowest BCUT2D eigenvalue weighted by molar-refractivity contribution is -0.121. The van der Waals surface area contributed by atoms with Gasteiger partial charge in [0.1, 0.15) is 12.3 Å². The molecule has 3 rings (SSSR count). The molecule has 0 fully saturated rings. The number of aromatic nitrogens is 2. The van der Waals surface area contributed by atoms with Crippen molar-refractivity contribution in [3.05, 3.63) is 54.1 Å². The maximum atomic E-state index is 12.5. The van der Waals surface area contributed by atoms with Gasteiger partial charge in [-0.25, -0.2) is 4.98 Å². The number of imidazole rings is 1. The molecule has 1 aromatic heterocycles. The molecule has 0 saturated carbocycles. The highest BCUT2D eigenvalue weighted by Gasteiger charge is 2.14. The number of rotatable bonds is 8. The van der Waals surface area contributed by atoms with E-state index < -0.39 is 0 Å². The quantitative estimate of drug-likeness (QED) is 0.613. The van der Waals surface area contributed by atoms with Crippen molar-refractivity contribution in [2.45, 2.75) is 31.6 Å². The van der Waals surface area contributed by atoms with Crippen LogP contribution < -0.4 is 10.1 Å². The second-order valence-electron chi connectivity index (χ2n) is 5.91. The van der Waals surface area contributed by atoms with E-state index in [1.807, 2.05) is 53.1 Å². The van der Waals surface area contributed by atoms with Crippen molar-refractivity contribution in [1.82, 2.24) is 14.9 Å². The van der Waals surface area contributed by atoms with E-state index in [-0.39, 0.29) is 12.5 Å². The van der Waals surface area contributed by atoms with Crippen molar-refractivity contribution in [3.8, 4) is 5.75 Å². The highest BCUT2D eigenvalue weighted by atomic mass is 32.2. The predicted molar refractivity (Wildman–Crippen MR) is 106 cm³/mol. The third kappa shape index (κ3) is 4.19. The Morgan fingerprint density at radius 3 is 2.77 bits per heavy atom. The third-order valence-corrected chi connectivity index (χ3v) is 5.21. The summed E-state index contributed by atoms with van der Waals surface area (Å²) in [5.41, 5.74) is 2.86. The fraction of sp³-hybridized carbons (Fsp3) is 0.300. The molecular formula is C20H23N3O2S. The SMILES string of the molecule is CCCSc1nc2ccccc2n1CC(=O)NCc1ccccc1OC. The lowest BCUT2D eigenvalue weighted by atomic mass is 10.2. The van der Waals surface area contributed by atoms with Gasteiger partial charge in [0.15, 0.2) is 5.16 Å². The summed E-state index contributed by atoms with van der Waals surface area (Å²) < 4.78 is 7.33. The first-order valence-electron chi connectivity index (χ1n) is 8.69. The Morgan fingerprint density at radius 1 is 1.19 bits per heavy atom. The lowest BCUT2D eigenvalue weighted by Crippen LogP contribution is -2.27. The molecule has 2 aromatic carbocycles. The minimum Gasteiger partial charge on any atom is -0.496 e. The van der Waals surface area contributed by atoms with Crippen molar-refractivity contribution in [2.75, 3.05) is 12.9 Å². The Labute approximate surface area is 157 Å². The van der Waals surface area contributed by atoms with Gasteiger partial charge in [0.25, 0.3) is 0 Å². The summed E-state index contributed by atoms with van der Waals surface area (Å²) in [5.74, 6) is 1.71. The molecule has 0 radical (unpaired) electrons. The van der Waals surface area contributed by atoms with Crippen molar-refractivity contribution in [2.24, 2.45) is 0 Å². The fourth-order valence-electron chi connectivity index (χ4n) is 2.75. The predicted octanol–water partition coefficient (Wildman–Crippen LogP) is 3.86. The Hall–Kier alpha value is -2.47. The van der Waals surface area contributed by atoms with Crippen molar-refractivity contribution in [1.29, 1.82) is 0 Å². The second kappa shape index (κ2) is 8.76. The maximum Gasteiger partial charge on any atom is 0.240 e. The first-order valence-corrected chi connectivity index (χ1v) is 9.68. The number of benzene rings is 2. The van der Waals surface area contributed by atoms with E-state index in [0.717, 1.165) is 39.7 Å². The molecule has 3 aromatic rings. The van der Waals surface area contributed by atoms with Crippen molar-refractivity contribution < 1.29 is 9.53 Å². The zero-order valence-electron chi connectivity index (χ0n) is 15.1. The number of nitrogens with one attached hydrogen (secondary N) is 1. The van der Waals surface area contributed by atoms with E-state index in [0.29, 0.717) is 6.54 Å². The highest BCUT2D eigenvalue weighted by Crippen LogP contribution is 2.24. The van der Waals surface area contributed by atoms with E-state index in [4.69, 9.17) is 4.74 Å². The van der Waals surface area contributed by atoms with Crippen LogP contribution in [0.2, 0.25) is 0 Å². The molecule has 0 spiro atoms. The van der Waals surface area contributed by atoms with Crippen LogP contribution >= 0.6 is 11.8 Å². The molecule has 0 aliphatic carbocycles. The third-order valence-electron chi connectivity index (χ3n) is 4.03. The molecule has 1 N–H and O–H groups in total. The Kier molecular flexibility index (Phi) is 6.17. The van der Waals surface area contributed by atoms with Crippen LogP contribution in [-0.2, 0) is 17.9 Å². The molecule has 136 valence electrons. The average molecular weight is 369 g/mol. The van der Waals surface area contributed by atoms with Crippen LogP contribution in [0.4, 0.5) is 0 Å². The number of hydrogen-bond acceptors (Lipinski definition) is 4. The largest absolute Gasteiger partial charge is 0.496 e. The topological polar surface area (TPSA) is 56.2 Å². The number of carbonyl (C=O) groups excluding carboxylic acids is 1. The molecular weight excluding hydrogens is 346 g/mol. The number of para-hydroxylation sites is 3.